The average Bonchev–Trinajstić information content (AvgIpc) is 2.90. The Bertz CT molecular complexity index is 613. The van der Waals surface area contributed by atoms with E-state index >= 15 is 0 Å². The fourth-order valence-electron chi connectivity index (χ4n) is 2.61. The number of fused-ring (bicyclic) bond motifs is 1. The summed E-state index contributed by atoms with van der Waals surface area (Å²) in [6, 6.07) is 4.24. The van der Waals surface area contributed by atoms with Gasteiger partial charge in [0, 0.05) is 38.4 Å². The fourth-order valence-corrected chi connectivity index (χ4v) is 2.61. The standard InChI is InChI=1S/C14H19N5O/c1-10(2)18-6-8-19(9-7-18)14(20)12-11-4-3-5-15-13(11)17-16-12/h3-5,10H,6-9H2,1-2H3,(H,15,16,17). The molecular formula is C14H19N5O. The number of hydrogen-bond acceptors (Lipinski definition) is 4. The summed E-state index contributed by atoms with van der Waals surface area (Å²) < 4.78 is 0. The van der Waals surface area contributed by atoms with E-state index in [1.165, 1.54) is 0 Å². The van der Waals surface area contributed by atoms with Gasteiger partial charge in [-0.15, -0.1) is 0 Å². The van der Waals surface area contributed by atoms with Crippen molar-refractivity contribution in [3.8, 4) is 0 Å². The summed E-state index contributed by atoms with van der Waals surface area (Å²) in [6.07, 6.45) is 1.68. The topological polar surface area (TPSA) is 65.1 Å². The lowest BCUT2D eigenvalue weighted by molar-refractivity contribution is 0.0591. The average molecular weight is 273 g/mol. The van der Waals surface area contributed by atoms with E-state index in [4.69, 9.17) is 0 Å². The number of pyridine rings is 1. The third-order valence-electron chi connectivity index (χ3n) is 3.88. The number of carbonyl (C=O) groups is 1. The Balaban J connectivity index is 1.77. The monoisotopic (exact) mass is 273 g/mol. The first kappa shape index (κ1) is 13.1. The Hall–Kier alpha value is -1.95. The molecule has 3 heterocycles. The van der Waals surface area contributed by atoms with Crippen LogP contribution in [-0.2, 0) is 0 Å². The smallest absolute Gasteiger partial charge is 0.272 e. The van der Waals surface area contributed by atoms with Crippen molar-refractivity contribution in [2.75, 3.05) is 26.2 Å². The molecule has 1 aliphatic rings. The first-order valence-electron chi connectivity index (χ1n) is 6.99. The number of nitrogens with one attached hydrogen (secondary N) is 1. The van der Waals surface area contributed by atoms with Crippen LogP contribution in [0.25, 0.3) is 11.0 Å². The van der Waals surface area contributed by atoms with Crippen molar-refractivity contribution in [3.05, 3.63) is 24.0 Å². The highest BCUT2D eigenvalue weighted by molar-refractivity contribution is 6.03. The molecule has 6 heteroatoms. The van der Waals surface area contributed by atoms with Crippen LogP contribution >= 0.6 is 0 Å². The van der Waals surface area contributed by atoms with Crippen molar-refractivity contribution >= 4 is 16.9 Å². The molecule has 0 bridgehead atoms. The third kappa shape index (κ3) is 2.27. The molecule has 0 atom stereocenters. The van der Waals surface area contributed by atoms with E-state index in [2.05, 4.69) is 33.9 Å². The summed E-state index contributed by atoms with van der Waals surface area (Å²) >= 11 is 0. The molecule has 1 amide bonds. The lowest BCUT2D eigenvalue weighted by Crippen LogP contribution is -2.50. The fraction of sp³-hybridized carbons (Fsp3) is 0.500. The number of hydrogen-bond donors (Lipinski definition) is 1. The summed E-state index contributed by atoms with van der Waals surface area (Å²) in [4.78, 5) is 21.0. The molecule has 1 fully saturated rings. The first-order valence-corrected chi connectivity index (χ1v) is 6.99. The number of nitrogens with zero attached hydrogens (tertiary/aromatic N) is 4. The molecule has 0 aliphatic carbocycles. The second-order valence-corrected chi connectivity index (χ2v) is 5.40. The van der Waals surface area contributed by atoms with Gasteiger partial charge in [0.25, 0.3) is 5.91 Å². The zero-order chi connectivity index (χ0) is 14.1. The predicted octanol–water partition coefficient (Wildman–Crippen LogP) is 1.12. The summed E-state index contributed by atoms with van der Waals surface area (Å²) in [5.74, 6) is 0.0175. The molecule has 2 aromatic heterocycles. The van der Waals surface area contributed by atoms with Gasteiger partial charge in [-0.25, -0.2) is 4.98 Å². The quantitative estimate of drug-likeness (QED) is 0.890. The highest BCUT2D eigenvalue weighted by atomic mass is 16.2. The van der Waals surface area contributed by atoms with Crippen LogP contribution in [0, 0.1) is 0 Å². The highest BCUT2D eigenvalue weighted by Crippen LogP contribution is 2.16. The van der Waals surface area contributed by atoms with Crippen LogP contribution in [0.1, 0.15) is 24.3 Å². The maximum absolute atomic E-state index is 12.6. The van der Waals surface area contributed by atoms with Gasteiger partial charge in [-0.2, -0.15) is 5.10 Å². The molecule has 1 aliphatic heterocycles. The largest absolute Gasteiger partial charge is 0.335 e. The molecule has 0 saturated carbocycles. The second kappa shape index (κ2) is 5.20. The molecule has 1 N–H and O–H groups in total. The lowest BCUT2D eigenvalue weighted by Gasteiger charge is -2.36. The molecule has 6 nitrogen and oxygen atoms in total. The van der Waals surface area contributed by atoms with Crippen LogP contribution in [0.15, 0.2) is 18.3 Å². The van der Waals surface area contributed by atoms with Crippen LogP contribution in [-0.4, -0.2) is 63.1 Å². The normalized spacial score (nSPS) is 17.1. The minimum atomic E-state index is 0.0175. The van der Waals surface area contributed by atoms with E-state index in [0.717, 1.165) is 31.6 Å². The number of piperazine rings is 1. The molecular weight excluding hydrogens is 254 g/mol. The zero-order valence-corrected chi connectivity index (χ0v) is 11.8. The molecule has 0 aromatic carbocycles. The zero-order valence-electron chi connectivity index (χ0n) is 11.8. The Morgan fingerprint density at radius 1 is 1.30 bits per heavy atom. The van der Waals surface area contributed by atoms with Gasteiger partial charge < -0.3 is 4.90 Å². The summed E-state index contributed by atoms with van der Waals surface area (Å²) in [5, 5.41) is 7.71. The van der Waals surface area contributed by atoms with E-state index in [9.17, 15) is 4.79 Å². The van der Waals surface area contributed by atoms with Crippen molar-refractivity contribution in [1.29, 1.82) is 0 Å². The Labute approximate surface area is 117 Å². The molecule has 2 aromatic rings. The van der Waals surface area contributed by atoms with Crippen LogP contribution in [0.3, 0.4) is 0 Å². The summed E-state index contributed by atoms with van der Waals surface area (Å²) in [7, 11) is 0. The number of rotatable bonds is 2. The van der Waals surface area contributed by atoms with E-state index in [1.54, 1.807) is 6.20 Å². The number of aromatic amines is 1. The van der Waals surface area contributed by atoms with Crippen molar-refractivity contribution in [1.82, 2.24) is 25.0 Å². The number of H-pyrrole nitrogens is 1. The minimum absolute atomic E-state index is 0.0175. The van der Waals surface area contributed by atoms with Gasteiger partial charge in [0.1, 0.15) is 5.69 Å². The first-order chi connectivity index (χ1) is 9.66. The van der Waals surface area contributed by atoms with Gasteiger partial charge in [-0.3, -0.25) is 14.8 Å². The van der Waals surface area contributed by atoms with Crippen molar-refractivity contribution in [2.45, 2.75) is 19.9 Å². The van der Waals surface area contributed by atoms with Crippen LogP contribution in [0.5, 0.6) is 0 Å². The van der Waals surface area contributed by atoms with Crippen LogP contribution in [0.2, 0.25) is 0 Å². The third-order valence-corrected chi connectivity index (χ3v) is 3.88. The molecule has 3 rings (SSSR count). The molecule has 0 radical (unpaired) electrons. The Morgan fingerprint density at radius 2 is 2.05 bits per heavy atom. The lowest BCUT2D eigenvalue weighted by atomic mass is 10.2. The van der Waals surface area contributed by atoms with Gasteiger partial charge in [-0.05, 0) is 26.0 Å². The maximum Gasteiger partial charge on any atom is 0.272 e. The van der Waals surface area contributed by atoms with Crippen LogP contribution < -0.4 is 0 Å². The van der Waals surface area contributed by atoms with E-state index < -0.39 is 0 Å². The summed E-state index contributed by atoms with van der Waals surface area (Å²) in [6.45, 7) is 7.74. The molecule has 0 spiro atoms. The predicted molar refractivity (Wildman–Crippen MR) is 76.5 cm³/mol. The highest BCUT2D eigenvalue weighted by Gasteiger charge is 2.25. The van der Waals surface area contributed by atoms with E-state index in [0.29, 0.717) is 17.4 Å². The second-order valence-electron chi connectivity index (χ2n) is 5.40. The van der Waals surface area contributed by atoms with Gasteiger partial charge in [0.15, 0.2) is 5.65 Å². The van der Waals surface area contributed by atoms with E-state index in [-0.39, 0.29) is 5.91 Å². The van der Waals surface area contributed by atoms with Crippen molar-refractivity contribution in [3.63, 3.8) is 0 Å². The van der Waals surface area contributed by atoms with Gasteiger partial charge in [0.2, 0.25) is 0 Å². The number of carbonyl (C=O) groups excluding carboxylic acids is 1. The molecule has 0 unspecified atom stereocenters. The van der Waals surface area contributed by atoms with E-state index in [1.807, 2.05) is 17.0 Å². The SMILES string of the molecule is CC(C)N1CCN(C(=O)c2[nH]nc3ncccc23)CC1. The van der Waals surface area contributed by atoms with Crippen LogP contribution in [0.4, 0.5) is 0 Å². The molecule has 20 heavy (non-hydrogen) atoms. The van der Waals surface area contributed by atoms with Crippen molar-refractivity contribution in [2.24, 2.45) is 0 Å². The number of aromatic nitrogens is 3. The number of amides is 1. The summed E-state index contributed by atoms with van der Waals surface area (Å²) in [5.41, 5.74) is 1.14. The Kier molecular flexibility index (Phi) is 3.40. The molecule has 1 saturated heterocycles. The molecule has 106 valence electrons. The maximum atomic E-state index is 12.6. The van der Waals surface area contributed by atoms with Gasteiger partial charge >= 0.3 is 0 Å². The van der Waals surface area contributed by atoms with Crippen molar-refractivity contribution < 1.29 is 4.79 Å². The van der Waals surface area contributed by atoms with Gasteiger partial charge in [0.05, 0.1) is 5.39 Å². The van der Waals surface area contributed by atoms with Gasteiger partial charge in [-0.1, -0.05) is 0 Å². The minimum Gasteiger partial charge on any atom is -0.335 e. The Morgan fingerprint density at radius 3 is 2.75 bits per heavy atom.